The molecule has 0 bridgehead atoms. The summed E-state index contributed by atoms with van der Waals surface area (Å²) < 4.78 is 1.21. The Labute approximate surface area is 209 Å². The van der Waals surface area contributed by atoms with Crippen molar-refractivity contribution < 1.29 is 19.2 Å². The lowest BCUT2D eigenvalue weighted by Crippen LogP contribution is -2.70. The minimum absolute atomic E-state index is 0.0135. The van der Waals surface area contributed by atoms with Crippen LogP contribution in [0.1, 0.15) is 19.4 Å². The molecule has 14 heteroatoms. The lowest BCUT2D eigenvalue weighted by atomic mass is 9.96. The number of amides is 1. The van der Waals surface area contributed by atoms with Gasteiger partial charge >= 0.3 is 5.97 Å². The molecule has 3 rings (SSSR count). The van der Waals surface area contributed by atoms with Crippen LogP contribution in [0.2, 0.25) is 0 Å². The number of fused-ring (bicyclic) bond motifs is 1. The number of hydrogen-bond donors (Lipinski definition) is 0. The molecule has 0 saturated carbocycles. The van der Waals surface area contributed by atoms with Crippen molar-refractivity contribution >= 4 is 96.8 Å². The minimum Gasteiger partial charge on any atom is -0.460 e. The highest BCUT2D eigenvalue weighted by Gasteiger charge is 2.71. The second-order valence-corrected chi connectivity index (χ2v) is 13.1. The third kappa shape index (κ3) is 4.79. The number of benzene rings is 1. The summed E-state index contributed by atoms with van der Waals surface area (Å²) in [4.78, 5) is 41.6. The van der Waals surface area contributed by atoms with Gasteiger partial charge in [0.1, 0.15) is 23.2 Å². The van der Waals surface area contributed by atoms with Crippen LogP contribution in [-0.2, 0) is 14.3 Å². The molecule has 0 spiro atoms. The van der Waals surface area contributed by atoms with Gasteiger partial charge < -0.3 is 9.64 Å². The predicted octanol–water partition coefficient (Wildman–Crippen LogP) is 4.65. The van der Waals surface area contributed by atoms with Crippen molar-refractivity contribution in [1.29, 1.82) is 0 Å². The highest BCUT2D eigenvalue weighted by Crippen LogP contribution is 2.58. The quantitative estimate of drug-likeness (QED) is 0.0937. The van der Waals surface area contributed by atoms with E-state index in [0.29, 0.717) is 5.56 Å². The van der Waals surface area contributed by atoms with Gasteiger partial charge in [-0.3, -0.25) is 14.9 Å². The van der Waals surface area contributed by atoms with E-state index in [9.17, 15) is 19.7 Å². The zero-order chi connectivity index (χ0) is 23.4. The number of non-ortho nitro benzene ring substituents is 1. The van der Waals surface area contributed by atoms with Crippen LogP contribution in [0.4, 0.5) is 5.69 Å². The number of carbonyl (C=O) groups is 2. The van der Waals surface area contributed by atoms with E-state index in [1.807, 2.05) is 0 Å². The normalized spacial score (nSPS) is 27.5. The first-order valence-electron chi connectivity index (χ1n) is 8.60. The number of aliphatic imine (C=N–C) groups is 1. The van der Waals surface area contributed by atoms with E-state index in [1.165, 1.54) is 40.9 Å². The zero-order valence-electron chi connectivity index (χ0n) is 15.9. The largest absolute Gasteiger partial charge is 0.460 e. The maximum Gasteiger partial charge on any atom is 0.330 e. The first-order chi connectivity index (χ1) is 14.2. The van der Waals surface area contributed by atoms with E-state index in [4.69, 9.17) is 51.1 Å². The fourth-order valence-corrected chi connectivity index (χ4v) is 6.21. The summed E-state index contributed by atoms with van der Waals surface area (Å²) in [6.07, 6.45) is 0. The molecule has 168 valence electrons. The Bertz CT molecular complexity index is 972. The van der Waals surface area contributed by atoms with Crippen LogP contribution in [-0.4, -0.2) is 57.9 Å². The van der Waals surface area contributed by atoms with Crippen LogP contribution in [0, 0.1) is 10.1 Å². The van der Waals surface area contributed by atoms with Gasteiger partial charge in [0.15, 0.2) is 0 Å². The topological polar surface area (TPSA) is 102 Å². The molecule has 8 nitrogen and oxygen atoms in total. The number of β-lactam (4-membered cyclic amide) rings is 1. The molecule has 1 unspecified atom stereocenters. The van der Waals surface area contributed by atoms with E-state index in [2.05, 4.69) is 20.9 Å². The van der Waals surface area contributed by atoms with Gasteiger partial charge in [0, 0.05) is 22.4 Å². The third-order valence-corrected chi connectivity index (χ3v) is 8.15. The van der Waals surface area contributed by atoms with Crippen LogP contribution in [0.15, 0.2) is 29.3 Å². The number of nitrogens with zero attached hydrogens (tertiary/aromatic N) is 3. The molecular weight excluding hydrogens is 580 g/mol. The molecule has 31 heavy (non-hydrogen) atoms. The van der Waals surface area contributed by atoms with Gasteiger partial charge in [-0.05, 0) is 41.9 Å². The maximum atomic E-state index is 13.0. The van der Waals surface area contributed by atoms with Crippen molar-refractivity contribution in [3.05, 3.63) is 39.9 Å². The molecule has 0 aliphatic carbocycles. The summed E-state index contributed by atoms with van der Waals surface area (Å²) in [5.74, 6) is -1.17. The highest BCUT2D eigenvalue weighted by molar-refractivity contribution is 9.10. The fourth-order valence-electron chi connectivity index (χ4n) is 3.25. The van der Waals surface area contributed by atoms with Gasteiger partial charge in [-0.2, -0.15) is 0 Å². The van der Waals surface area contributed by atoms with E-state index in [0.717, 1.165) is 0 Å². The molecule has 2 aliphatic rings. The molecule has 2 heterocycles. The summed E-state index contributed by atoms with van der Waals surface area (Å²) in [6.45, 7) is 3.13. The van der Waals surface area contributed by atoms with E-state index >= 15 is 0 Å². The zero-order valence-corrected chi connectivity index (χ0v) is 21.3. The molecule has 1 aromatic carbocycles. The summed E-state index contributed by atoms with van der Waals surface area (Å²) in [5, 5.41) is 10.2. The van der Waals surface area contributed by atoms with Crippen LogP contribution in [0.25, 0.3) is 0 Å². The van der Waals surface area contributed by atoms with Gasteiger partial charge in [0.2, 0.25) is 8.24 Å². The highest BCUT2D eigenvalue weighted by atomic mass is 79.9. The number of nitro benzene ring substituents is 1. The Morgan fingerprint density at radius 3 is 2.45 bits per heavy atom. The number of rotatable bonds is 5. The molecule has 1 amide bonds. The third-order valence-electron chi connectivity index (χ3n) is 4.64. The van der Waals surface area contributed by atoms with Crippen molar-refractivity contribution in [2.45, 2.75) is 38.3 Å². The molecule has 1 aromatic rings. The standard InChI is InChI=1S/C17H14BrCl4N3O5S/c1-15(2)10(12(26)30-7-16(20,21)22)24-13(27)17(18,14(24)31-15)23-11(19)8-3-5-9(6-4-8)25(28)29/h3-6,10,14H,7H2,1-2H3/t10-,14+,17?/m0/s1. The molecule has 2 aliphatic heterocycles. The van der Waals surface area contributed by atoms with Crippen LogP contribution < -0.4 is 0 Å². The van der Waals surface area contributed by atoms with Crippen LogP contribution in [0.3, 0.4) is 0 Å². The molecule has 0 N–H and O–H groups in total. The molecular formula is C17H14BrCl4N3O5S. The first kappa shape index (κ1) is 24.9. The van der Waals surface area contributed by atoms with Crippen LogP contribution in [0.5, 0.6) is 0 Å². The maximum absolute atomic E-state index is 13.0. The monoisotopic (exact) mass is 591 g/mol. The number of hydrogen-bond acceptors (Lipinski definition) is 7. The van der Waals surface area contributed by atoms with E-state index in [-0.39, 0.29) is 10.9 Å². The summed E-state index contributed by atoms with van der Waals surface area (Å²) in [6, 6.07) is 4.52. The Balaban J connectivity index is 1.83. The number of thioether (sulfide) groups is 1. The fraction of sp³-hybridized carbons (Fsp3) is 0.471. The number of ether oxygens (including phenoxy) is 1. The number of halogens is 5. The molecule has 2 saturated heterocycles. The molecule has 0 aromatic heterocycles. The minimum atomic E-state index is -1.77. The Morgan fingerprint density at radius 2 is 1.94 bits per heavy atom. The second kappa shape index (κ2) is 8.53. The second-order valence-electron chi connectivity index (χ2n) is 7.29. The average molecular weight is 594 g/mol. The van der Waals surface area contributed by atoms with Gasteiger partial charge in [-0.15, -0.1) is 11.8 Å². The average Bonchev–Trinajstić information content (AvgIpc) is 2.94. The van der Waals surface area contributed by atoms with Gasteiger partial charge in [0.25, 0.3) is 11.6 Å². The van der Waals surface area contributed by atoms with E-state index < -0.39 is 47.8 Å². The lowest BCUT2D eigenvalue weighted by molar-refractivity contribution is -0.384. The lowest BCUT2D eigenvalue weighted by Gasteiger charge is -2.47. The Morgan fingerprint density at radius 1 is 1.35 bits per heavy atom. The van der Waals surface area contributed by atoms with Crippen molar-refractivity contribution in [3.63, 3.8) is 0 Å². The summed E-state index contributed by atoms with van der Waals surface area (Å²) in [5.41, 5.74) is 0.301. The van der Waals surface area contributed by atoms with Crippen LogP contribution >= 0.6 is 74.1 Å². The SMILES string of the molecule is CC1(C)S[C@H]2N(C(=O)C2(Br)N=C(Cl)c2ccc([N+](=O)[O-])cc2)[C@H]1C(=O)OCC(Cl)(Cl)Cl. The van der Waals surface area contributed by atoms with Crippen molar-refractivity contribution in [2.24, 2.45) is 4.99 Å². The molecule has 3 atom stereocenters. The van der Waals surface area contributed by atoms with E-state index in [1.54, 1.807) is 13.8 Å². The van der Waals surface area contributed by atoms with Gasteiger partial charge in [-0.25, -0.2) is 9.79 Å². The molecule has 0 radical (unpaired) electrons. The van der Waals surface area contributed by atoms with Gasteiger partial charge in [0.05, 0.1) is 4.92 Å². The first-order valence-corrected chi connectivity index (χ1v) is 11.8. The number of nitro groups is 1. The van der Waals surface area contributed by atoms with Gasteiger partial charge in [-0.1, -0.05) is 46.4 Å². The van der Waals surface area contributed by atoms with Crippen molar-refractivity contribution in [1.82, 2.24) is 4.90 Å². The summed E-state index contributed by atoms with van der Waals surface area (Å²) in [7, 11) is 0. The number of carbonyl (C=O) groups excluding carboxylic acids is 2. The Kier molecular flexibility index (Phi) is 6.84. The molecule has 2 fully saturated rings. The number of alkyl halides is 4. The smallest absolute Gasteiger partial charge is 0.330 e. The number of esters is 1. The Hall–Kier alpha value is -0.780. The van der Waals surface area contributed by atoms with Crippen molar-refractivity contribution in [3.8, 4) is 0 Å². The predicted molar refractivity (Wildman–Crippen MR) is 124 cm³/mol. The van der Waals surface area contributed by atoms with Crippen molar-refractivity contribution in [2.75, 3.05) is 6.61 Å². The summed E-state index contributed by atoms with van der Waals surface area (Å²) >= 11 is 27.9.